The summed E-state index contributed by atoms with van der Waals surface area (Å²) in [4.78, 5) is 2.53. The van der Waals surface area contributed by atoms with E-state index < -0.39 is 0 Å². The number of phenolic OH excluding ortho intramolecular Hbond substituents is 1. The van der Waals surface area contributed by atoms with Crippen LogP contribution in [0.2, 0.25) is 0 Å². The molecule has 0 saturated carbocycles. The molecule has 2 aliphatic heterocycles. The Labute approximate surface area is 127 Å². The molecule has 1 aromatic carbocycles. The number of rotatable bonds is 2. The van der Waals surface area contributed by atoms with Gasteiger partial charge in [0.15, 0.2) is 0 Å². The number of hydrogen-bond acceptors (Lipinski definition) is 3. The molecule has 0 unspecified atom stereocenters. The van der Waals surface area contributed by atoms with Crippen LogP contribution in [0.3, 0.4) is 0 Å². The lowest BCUT2D eigenvalue weighted by atomic mass is 9.87. The number of nitrogens with zero attached hydrogens (tertiary/aromatic N) is 1. The van der Waals surface area contributed by atoms with Crippen LogP contribution in [-0.2, 0) is 6.42 Å². The molecule has 21 heavy (non-hydrogen) atoms. The zero-order chi connectivity index (χ0) is 15.2. The third kappa shape index (κ3) is 2.52. The van der Waals surface area contributed by atoms with Crippen molar-refractivity contribution in [2.24, 2.45) is 0 Å². The summed E-state index contributed by atoms with van der Waals surface area (Å²) in [7, 11) is 0. The van der Waals surface area contributed by atoms with Gasteiger partial charge in [0.2, 0.25) is 0 Å². The molecule has 1 N–H and O–H groups in total. The summed E-state index contributed by atoms with van der Waals surface area (Å²) >= 11 is 0. The molecule has 2 aliphatic rings. The number of fused-ring (bicyclic) bond motifs is 1. The zero-order valence-corrected chi connectivity index (χ0v) is 13.8. The Morgan fingerprint density at radius 2 is 1.76 bits per heavy atom. The summed E-state index contributed by atoms with van der Waals surface area (Å²) < 4.78 is 6.48. The molecule has 3 heteroatoms. The van der Waals surface area contributed by atoms with Gasteiger partial charge in [-0.3, -0.25) is 4.90 Å². The predicted octanol–water partition coefficient (Wildman–Crippen LogP) is 3.50. The van der Waals surface area contributed by atoms with Gasteiger partial charge < -0.3 is 9.84 Å². The van der Waals surface area contributed by atoms with E-state index in [1.54, 1.807) is 0 Å². The summed E-state index contributed by atoms with van der Waals surface area (Å²) in [6.07, 6.45) is 4.66. The Morgan fingerprint density at radius 1 is 1.10 bits per heavy atom. The van der Waals surface area contributed by atoms with Gasteiger partial charge in [0, 0.05) is 12.1 Å². The van der Waals surface area contributed by atoms with Crippen molar-refractivity contribution in [2.45, 2.75) is 59.0 Å². The van der Waals surface area contributed by atoms with Gasteiger partial charge in [-0.25, -0.2) is 0 Å². The second-order valence-electron chi connectivity index (χ2n) is 7.07. The standard InChI is InChI=1S/C18H27NO2/c1-12-13(2)17-15(14(3)16(12)20)7-8-18(4,21-17)11-19-9-5-6-10-19/h20H,5-11H2,1-4H3/t18-/m0/s1. The predicted molar refractivity (Wildman–Crippen MR) is 85.3 cm³/mol. The highest BCUT2D eigenvalue weighted by molar-refractivity contribution is 5.58. The van der Waals surface area contributed by atoms with E-state index in [2.05, 4.69) is 18.7 Å². The lowest BCUT2D eigenvalue weighted by molar-refractivity contribution is 0.0310. The van der Waals surface area contributed by atoms with Gasteiger partial charge in [-0.2, -0.15) is 0 Å². The van der Waals surface area contributed by atoms with Crippen molar-refractivity contribution >= 4 is 0 Å². The van der Waals surface area contributed by atoms with Gasteiger partial charge >= 0.3 is 0 Å². The monoisotopic (exact) mass is 289 g/mol. The van der Waals surface area contributed by atoms with Crippen LogP contribution in [0.4, 0.5) is 0 Å². The van der Waals surface area contributed by atoms with E-state index in [4.69, 9.17) is 4.74 Å². The first-order valence-electron chi connectivity index (χ1n) is 8.14. The molecule has 0 amide bonds. The zero-order valence-electron chi connectivity index (χ0n) is 13.8. The fraction of sp³-hybridized carbons (Fsp3) is 0.667. The molecule has 0 bridgehead atoms. The van der Waals surface area contributed by atoms with Gasteiger partial charge in [-0.1, -0.05) is 0 Å². The SMILES string of the molecule is Cc1c(C)c2c(c(C)c1O)CC[C@@](C)(CN1CCCC1)O2. The van der Waals surface area contributed by atoms with Gasteiger partial charge in [0.1, 0.15) is 17.1 Å². The highest BCUT2D eigenvalue weighted by Gasteiger charge is 2.36. The van der Waals surface area contributed by atoms with E-state index in [1.165, 1.54) is 31.5 Å². The number of aromatic hydroxyl groups is 1. The molecule has 0 aliphatic carbocycles. The van der Waals surface area contributed by atoms with E-state index >= 15 is 0 Å². The summed E-state index contributed by atoms with van der Waals surface area (Å²) in [6, 6.07) is 0. The highest BCUT2D eigenvalue weighted by Crippen LogP contribution is 2.43. The van der Waals surface area contributed by atoms with Gasteiger partial charge in [0.05, 0.1) is 0 Å². The van der Waals surface area contributed by atoms with Crippen molar-refractivity contribution < 1.29 is 9.84 Å². The maximum absolute atomic E-state index is 10.2. The Bertz CT molecular complexity index is 561. The van der Waals surface area contributed by atoms with Crippen LogP contribution >= 0.6 is 0 Å². The van der Waals surface area contributed by atoms with E-state index in [0.29, 0.717) is 5.75 Å². The van der Waals surface area contributed by atoms with Crippen molar-refractivity contribution in [2.75, 3.05) is 19.6 Å². The largest absolute Gasteiger partial charge is 0.507 e. The summed E-state index contributed by atoms with van der Waals surface area (Å²) in [5.41, 5.74) is 4.15. The van der Waals surface area contributed by atoms with E-state index in [0.717, 1.165) is 41.8 Å². The summed E-state index contributed by atoms with van der Waals surface area (Å²) in [6.45, 7) is 11.7. The molecule has 0 aromatic heterocycles. The molecule has 0 spiro atoms. The maximum Gasteiger partial charge on any atom is 0.127 e. The first-order valence-corrected chi connectivity index (χ1v) is 8.14. The summed E-state index contributed by atoms with van der Waals surface area (Å²) in [5, 5.41) is 10.2. The molecule has 3 nitrogen and oxygen atoms in total. The fourth-order valence-electron chi connectivity index (χ4n) is 3.82. The van der Waals surface area contributed by atoms with Crippen molar-refractivity contribution in [3.8, 4) is 11.5 Å². The lowest BCUT2D eigenvalue weighted by Gasteiger charge is -2.40. The van der Waals surface area contributed by atoms with Crippen LogP contribution < -0.4 is 4.74 Å². The third-order valence-electron chi connectivity index (χ3n) is 5.35. The minimum atomic E-state index is -0.0993. The minimum Gasteiger partial charge on any atom is -0.507 e. The van der Waals surface area contributed by atoms with Gasteiger partial charge in [0.25, 0.3) is 0 Å². The van der Waals surface area contributed by atoms with Crippen LogP contribution in [0.25, 0.3) is 0 Å². The first kappa shape index (κ1) is 14.7. The molecule has 116 valence electrons. The number of ether oxygens (including phenoxy) is 1. The van der Waals surface area contributed by atoms with Crippen molar-refractivity contribution in [1.82, 2.24) is 4.90 Å². The third-order valence-corrected chi connectivity index (χ3v) is 5.35. The fourth-order valence-corrected chi connectivity index (χ4v) is 3.82. The molecular weight excluding hydrogens is 262 g/mol. The second-order valence-corrected chi connectivity index (χ2v) is 7.07. The number of phenols is 1. The van der Waals surface area contributed by atoms with Crippen LogP contribution in [0, 0.1) is 20.8 Å². The normalized spacial score (nSPS) is 25.7. The topological polar surface area (TPSA) is 32.7 Å². The summed E-state index contributed by atoms with van der Waals surface area (Å²) in [5.74, 6) is 1.47. The first-order chi connectivity index (χ1) is 9.91. The Morgan fingerprint density at radius 3 is 2.43 bits per heavy atom. The van der Waals surface area contributed by atoms with Crippen molar-refractivity contribution in [1.29, 1.82) is 0 Å². The van der Waals surface area contributed by atoms with Crippen molar-refractivity contribution in [3.05, 3.63) is 22.3 Å². The van der Waals surface area contributed by atoms with Crippen LogP contribution in [-0.4, -0.2) is 35.2 Å². The van der Waals surface area contributed by atoms with Crippen LogP contribution in [0.1, 0.15) is 48.4 Å². The molecular formula is C18H27NO2. The molecule has 3 rings (SSSR count). The number of likely N-dealkylation sites (tertiary alicyclic amines) is 1. The number of hydrogen-bond donors (Lipinski definition) is 1. The molecule has 1 aromatic rings. The van der Waals surface area contributed by atoms with Gasteiger partial charge in [-0.15, -0.1) is 0 Å². The Hall–Kier alpha value is -1.22. The van der Waals surface area contributed by atoms with Crippen LogP contribution in [0.5, 0.6) is 11.5 Å². The molecule has 1 saturated heterocycles. The lowest BCUT2D eigenvalue weighted by Crippen LogP contribution is -2.46. The van der Waals surface area contributed by atoms with E-state index in [-0.39, 0.29) is 5.60 Å². The quantitative estimate of drug-likeness (QED) is 0.904. The minimum absolute atomic E-state index is 0.0993. The molecule has 1 atom stereocenters. The highest BCUT2D eigenvalue weighted by atomic mass is 16.5. The van der Waals surface area contributed by atoms with Crippen molar-refractivity contribution in [3.63, 3.8) is 0 Å². The Balaban J connectivity index is 1.91. The average Bonchev–Trinajstić information content (AvgIpc) is 2.95. The second kappa shape index (κ2) is 5.20. The van der Waals surface area contributed by atoms with Crippen LogP contribution in [0.15, 0.2) is 0 Å². The Kier molecular flexibility index (Phi) is 3.64. The smallest absolute Gasteiger partial charge is 0.127 e. The van der Waals surface area contributed by atoms with E-state index in [1.807, 2.05) is 13.8 Å². The van der Waals surface area contributed by atoms with E-state index in [9.17, 15) is 5.11 Å². The van der Waals surface area contributed by atoms with Gasteiger partial charge in [-0.05, 0) is 83.2 Å². The number of benzene rings is 1. The molecule has 1 fully saturated rings. The average molecular weight is 289 g/mol. The maximum atomic E-state index is 10.2. The molecule has 2 heterocycles. The molecule has 0 radical (unpaired) electrons.